The fraction of sp³-hybridized carbons (Fsp3) is 0.512. The van der Waals surface area contributed by atoms with Crippen LogP contribution in [0, 0.1) is 18.3 Å². The number of carbonyl (C=O) groups excluding carboxylic acids is 3. The van der Waals surface area contributed by atoms with Gasteiger partial charge < -0.3 is 35.0 Å². The van der Waals surface area contributed by atoms with Gasteiger partial charge in [-0.3, -0.25) is 9.59 Å². The van der Waals surface area contributed by atoms with Crippen molar-refractivity contribution in [3.05, 3.63) is 47.4 Å². The number of thiazole rings is 1. The van der Waals surface area contributed by atoms with Crippen molar-refractivity contribution >= 4 is 51.2 Å². The molecule has 0 radical (unpaired) electrons. The van der Waals surface area contributed by atoms with Gasteiger partial charge in [0.2, 0.25) is 11.8 Å². The summed E-state index contributed by atoms with van der Waals surface area (Å²) in [4.78, 5) is 67.3. The van der Waals surface area contributed by atoms with Gasteiger partial charge in [-0.25, -0.2) is 19.6 Å². The molecule has 5 heterocycles. The van der Waals surface area contributed by atoms with E-state index in [0.717, 1.165) is 50.1 Å². The summed E-state index contributed by atoms with van der Waals surface area (Å²) >= 11 is 1.46. The van der Waals surface area contributed by atoms with Crippen molar-refractivity contribution in [3.8, 4) is 29.5 Å². The van der Waals surface area contributed by atoms with Crippen molar-refractivity contribution in [3.63, 3.8) is 0 Å². The summed E-state index contributed by atoms with van der Waals surface area (Å²) in [5.74, 6) is 1.04. The second-order valence-corrected chi connectivity index (χ2v) is 16.4. The number of amides is 3. The Morgan fingerprint density at radius 3 is 2.60 bits per heavy atom. The van der Waals surface area contributed by atoms with Gasteiger partial charge in [-0.1, -0.05) is 37.0 Å². The number of alkyl carbamates (subject to hydrolysis) is 1. The number of carboxylic acids is 1. The van der Waals surface area contributed by atoms with Gasteiger partial charge >= 0.3 is 12.1 Å². The third-order valence-electron chi connectivity index (χ3n) is 11.5. The maximum atomic E-state index is 14.6. The van der Waals surface area contributed by atoms with Gasteiger partial charge in [0.1, 0.15) is 35.7 Å². The second kappa shape index (κ2) is 14.8. The highest BCUT2D eigenvalue weighted by atomic mass is 32.1. The Labute approximate surface area is 323 Å². The molecule has 14 heteroatoms. The monoisotopic (exact) mass is 766 g/mol. The van der Waals surface area contributed by atoms with E-state index in [9.17, 15) is 24.3 Å². The van der Waals surface area contributed by atoms with Gasteiger partial charge in [0.15, 0.2) is 10.7 Å². The number of ether oxygens (including phenoxy) is 2. The minimum absolute atomic E-state index is 0.0418. The minimum Gasteiger partial charge on any atom is -0.488 e. The number of nitrogens with one attached hydrogen (secondary N) is 2. The van der Waals surface area contributed by atoms with Crippen LogP contribution in [0.2, 0.25) is 0 Å². The summed E-state index contributed by atoms with van der Waals surface area (Å²) in [5.41, 5.74) is 1.03. The first-order chi connectivity index (χ1) is 26.6. The maximum Gasteiger partial charge on any atom is 0.408 e. The van der Waals surface area contributed by atoms with Gasteiger partial charge in [0.25, 0.3) is 0 Å². The molecule has 2 aromatic heterocycles. The molecule has 8 rings (SSSR count). The maximum absolute atomic E-state index is 14.6. The van der Waals surface area contributed by atoms with E-state index in [1.807, 2.05) is 43.5 Å². The predicted octanol–water partition coefficient (Wildman–Crippen LogP) is 5.73. The zero-order valence-corrected chi connectivity index (χ0v) is 31.8. The van der Waals surface area contributed by atoms with Crippen LogP contribution in [-0.2, 0) is 19.1 Å². The van der Waals surface area contributed by atoms with Crippen LogP contribution < -0.4 is 15.4 Å². The molecule has 13 nitrogen and oxygen atoms in total. The number of benzene rings is 1. The number of aliphatic carboxylic acids is 1. The molecule has 0 spiro atoms. The van der Waals surface area contributed by atoms with Crippen molar-refractivity contribution in [1.29, 1.82) is 0 Å². The summed E-state index contributed by atoms with van der Waals surface area (Å²) in [6, 6.07) is 5.11. The molecule has 288 valence electrons. The molecule has 2 aliphatic carbocycles. The lowest BCUT2D eigenvalue weighted by Gasteiger charge is -2.30. The van der Waals surface area contributed by atoms with E-state index in [2.05, 4.69) is 16.6 Å². The molecule has 0 bridgehead atoms. The average molecular weight is 767 g/mol. The summed E-state index contributed by atoms with van der Waals surface area (Å²) in [5, 5.41) is 19.8. The first-order valence-electron chi connectivity index (χ1n) is 19.4. The van der Waals surface area contributed by atoms with Crippen LogP contribution in [0.3, 0.4) is 0 Å². The van der Waals surface area contributed by atoms with E-state index in [1.54, 1.807) is 12.1 Å². The molecule has 3 amide bonds. The number of allylic oxidation sites excluding steroid dienone is 1. The lowest BCUT2D eigenvalue weighted by atomic mass is 10.1. The van der Waals surface area contributed by atoms with Crippen molar-refractivity contribution < 1.29 is 33.8 Å². The van der Waals surface area contributed by atoms with E-state index < -0.39 is 53.6 Å². The Balaban J connectivity index is 1.12. The van der Waals surface area contributed by atoms with Crippen LogP contribution in [0.1, 0.15) is 83.6 Å². The highest BCUT2D eigenvalue weighted by molar-refractivity contribution is 7.14. The zero-order chi connectivity index (χ0) is 38.4. The molecule has 5 aliphatic rings. The number of carboxylic acid groups (broad SMARTS) is 1. The average Bonchev–Trinajstić information content (AvgIpc) is 3.60. The SMILES string of the molecule is C#Cc1cccc2c(O[C@@H]3C[C@H]4C(=O)N5C6C(/C=C\CCCCC[C@H](NC(=O)OC7CCCC7)C(=O)N4C3)[C@@]65C(=O)O)cc(-c3csc(NC(C)C)n3)nc12. The molecule has 2 unspecified atom stereocenters. The highest BCUT2D eigenvalue weighted by Gasteiger charge is 2.92. The van der Waals surface area contributed by atoms with Gasteiger partial charge in [-0.15, -0.1) is 17.8 Å². The molecular formula is C41H46N6O7S. The second-order valence-electron chi connectivity index (χ2n) is 15.6. The van der Waals surface area contributed by atoms with Crippen molar-refractivity contribution in [1.82, 2.24) is 25.1 Å². The highest BCUT2D eigenvalue weighted by Crippen LogP contribution is 2.69. The van der Waals surface area contributed by atoms with E-state index in [0.29, 0.717) is 46.4 Å². The quantitative estimate of drug-likeness (QED) is 0.147. The molecule has 2 saturated heterocycles. The molecular weight excluding hydrogens is 721 g/mol. The number of nitrogens with zero attached hydrogens (tertiary/aromatic N) is 4. The Bertz CT molecular complexity index is 2090. The Morgan fingerprint density at radius 1 is 1.05 bits per heavy atom. The van der Waals surface area contributed by atoms with E-state index in [1.165, 1.54) is 21.1 Å². The molecule has 1 aromatic carbocycles. The van der Waals surface area contributed by atoms with Crippen LogP contribution in [0.25, 0.3) is 22.3 Å². The molecule has 6 atom stereocenters. The summed E-state index contributed by atoms with van der Waals surface area (Å²) in [6.45, 7) is 4.11. The lowest BCUT2D eigenvalue weighted by molar-refractivity contribution is -0.148. The first-order valence-corrected chi connectivity index (χ1v) is 20.3. The van der Waals surface area contributed by atoms with Crippen LogP contribution in [0.15, 0.2) is 41.8 Å². The molecule has 2 saturated carbocycles. The van der Waals surface area contributed by atoms with E-state index >= 15 is 0 Å². The first kappa shape index (κ1) is 36.8. The number of para-hydroxylation sites is 1. The number of carbonyl (C=O) groups is 4. The number of hydrogen-bond acceptors (Lipinski definition) is 10. The largest absolute Gasteiger partial charge is 0.488 e. The van der Waals surface area contributed by atoms with Gasteiger partial charge in [0, 0.05) is 35.2 Å². The minimum atomic E-state index is -1.29. The molecule has 4 fully saturated rings. The molecule has 3 aliphatic heterocycles. The fourth-order valence-electron chi connectivity index (χ4n) is 8.68. The van der Waals surface area contributed by atoms with Gasteiger partial charge in [-0.2, -0.15) is 0 Å². The summed E-state index contributed by atoms with van der Waals surface area (Å²) in [6.07, 6.45) is 15.5. The third kappa shape index (κ3) is 6.88. The lowest BCUT2D eigenvalue weighted by Crippen LogP contribution is -2.54. The molecule has 55 heavy (non-hydrogen) atoms. The van der Waals surface area contributed by atoms with Crippen molar-refractivity contribution in [2.24, 2.45) is 5.92 Å². The van der Waals surface area contributed by atoms with Crippen LogP contribution in [0.5, 0.6) is 5.75 Å². The third-order valence-corrected chi connectivity index (χ3v) is 12.3. The Kier molecular flexibility index (Phi) is 9.92. The number of hydrogen-bond donors (Lipinski definition) is 3. The standard InChI is InChI=1S/C41H46N6O7S/c1-4-24-13-12-16-27-33(20-30(43-34(24)27)31-22-55-39(44-31)42-23(2)3)53-26-19-32-37(49)47-35-28(41(35,47)38(50)51)17-8-6-5-7-9-18-29(36(48)46(32)21-26)45-40(52)54-25-14-10-11-15-25/h1,8,12-13,16-17,20,22-23,25-26,28-29,32,35H,5-7,9-11,14-15,18-19,21H2,2-3H3,(H,42,44)(H,45,52)(H,50,51)/b17-8-/t26-,28?,29+,32+,35?,41+,47?/m1/s1. The smallest absolute Gasteiger partial charge is 0.408 e. The summed E-state index contributed by atoms with van der Waals surface area (Å²) in [7, 11) is 0. The normalized spacial score (nSPS) is 28.4. The fourth-order valence-corrected chi connectivity index (χ4v) is 9.53. The molecule has 3 aromatic rings. The van der Waals surface area contributed by atoms with Crippen LogP contribution >= 0.6 is 11.3 Å². The Morgan fingerprint density at radius 2 is 1.85 bits per heavy atom. The Hall–Kier alpha value is -5.16. The van der Waals surface area contributed by atoms with Crippen LogP contribution in [0.4, 0.5) is 9.93 Å². The van der Waals surface area contributed by atoms with Crippen molar-refractivity contribution in [2.75, 3.05) is 11.9 Å². The number of fused-ring (bicyclic) bond motifs is 4. The number of pyridine rings is 1. The van der Waals surface area contributed by atoms with E-state index in [-0.39, 0.29) is 31.0 Å². The topological polar surface area (TPSA) is 163 Å². The zero-order valence-electron chi connectivity index (χ0n) is 31.0. The number of terminal acetylenes is 1. The van der Waals surface area contributed by atoms with Gasteiger partial charge in [-0.05, 0) is 70.9 Å². The van der Waals surface area contributed by atoms with Crippen molar-refractivity contribution in [2.45, 2.75) is 120 Å². The van der Waals surface area contributed by atoms with Gasteiger partial charge in [0.05, 0.1) is 29.4 Å². The number of rotatable bonds is 8. The number of anilines is 1. The molecule has 3 N–H and O–H groups in total. The predicted molar refractivity (Wildman–Crippen MR) is 206 cm³/mol. The van der Waals surface area contributed by atoms with E-state index in [4.69, 9.17) is 25.9 Å². The van der Waals surface area contributed by atoms with Crippen LogP contribution in [-0.4, -0.2) is 97.2 Å². The summed E-state index contributed by atoms with van der Waals surface area (Å²) < 4.78 is 12.4. The number of aromatic nitrogens is 2.